The molecule has 17 heavy (non-hydrogen) atoms. The molecule has 1 aliphatic heterocycles. The molecule has 0 N–H and O–H groups in total. The third-order valence-electron chi connectivity index (χ3n) is 3.15. The molecule has 98 valence electrons. The van der Waals surface area contributed by atoms with E-state index in [9.17, 15) is 13.2 Å². The Labute approximate surface area is 104 Å². The van der Waals surface area contributed by atoms with Gasteiger partial charge in [-0.3, -0.25) is 4.79 Å². The number of nitrogens with zero attached hydrogens (tertiary/aromatic N) is 1. The molecule has 0 bridgehead atoms. The number of hydrogen-bond donors (Lipinski definition) is 0. The van der Waals surface area contributed by atoms with E-state index in [-0.39, 0.29) is 11.7 Å². The Hall–Kier alpha value is -0.840. The summed E-state index contributed by atoms with van der Waals surface area (Å²) in [5.74, 6) is -0.387. The molecule has 0 radical (unpaired) electrons. The lowest BCUT2D eigenvalue weighted by Crippen LogP contribution is -2.42. The van der Waals surface area contributed by atoms with Gasteiger partial charge >= 0.3 is 0 Å². The summed E-state index contributed by atoms with van der Waals surface area (Å²) in [6, 6.07) is 0. The molecular weight excluding hydrogens is 238 g/mol. The lowest BCUT2D eigenvalue weighted by molar-refractivity contribution is -0.130. The summed E-state index contributed by atoms with van der Waals surface area (Å²) in [7, 11) is -3.38. The topological polar surface area (TPSA) is 54.5 Å². The molecule has 0 spiro atoms. The highest BCUT2D eigenvalue weighted by molar-refractivity contribution is 7.92. The minimum atomic E-state index is -3.38. The third kappa shape index (κ3) is 3.84. The predicted molar refractivity (Wildman–Crippen MR) is 68.5 cm³/mol. The maximum Gasteiger partial charge on any atom is 0.240 e. The summed E-state index contributed by atoms with van der Waals surface area (Å²) >= 11 is 0. The molecule has 0 aliphatic carbocycles. The highest BCUT2D eigenvalue weighted by atomic mass is 32.2. The van der Waals surface area contributed by atoms with E-state index in [2.05, 4.69) is 6.58 Å². The summed E-state index contributed by atoms with van der Waals surface area (Å²) in [4.78, 5) is 13.8. The van der Waals surface area contributed by atoms with E-state index in [4.69, 9.17) is 0 Å². The van der Waals surface area contributed by atoms with Crippen molar-refractivity contribution in [1.82, 2.24) is 4.90 Å². The normalized spacial score (nSPS) is 19.5. The zero-order valence-corrected chi connectivity index (χ0v) is 11.2. The Morgan fingerprint density at radius 2 is 1.82 bits per heavy atom. The predicted octanol–water partition coefficient (Wildman–Crippen LogP) is 1.38. The molecule has 1 saturated heterocycles. The fourth-order valence-electron chi connectivity index (χ4n) is 2.01. The fraction of sp³-hybridized carbons (Fsp3) is 0.750. The molecule has 1 rings (SSSR count). The van der Waals surface area contributed by atoms with Crippen molar-refractivity contribution in [1.29, 1.82) is 0 Å². The quantitative estimate of drug-likeness (QED) is 0.717. The van der Waals surface area contributed by atoms with Gasteiger partial charge in [0.2, 0.25) is 5.91 Å². The van der Waals surface area contributed by atoms with Gasteiger partial charge in [0.15, 0.2) is 9.84 Å². The number of carbonyl (C=O) groups excluding carboxylic acids is 1. The van der Waals surface area contributed by atoms with E-state index < -0.39 is 15.1 Å². The van der Waals surface area contributed by atoms with Gasteiger partial charge in [0.1, 0.15) is 5.25 Å². The second-order valence-corrected chi connectivity index (χ2v) is 6.87. The van der Waals surface area contributed by atoms with Crippen LogP contribution in [0.2, 0.25) is 0 Å². The largest absolute Gasteiger partial charge is 0.342 e. The van der Waals surface area contributed by atoms with Gasteiger partial charge in [0.25, 0.3) is 0 Å². The average Bonchev–Trinajstić information content (AvgIpc) is 2.55. The molecule has 1 fully saturated rings. The average molecular weight is 259 g/mol. The summed E-state index contributed by atoms with van der Waals surface area (Å²) < 4.78 is 23.6. The second-order valence-electron chi connectivity index (χ2n) is 4.50. The van der Waals surface area contributed by atoms with Crippen molar-refractivity contribution in [3.63, 3.8) is 0 Å². The van der Waals surface area contributed by atoms with Crippen molar-refractivity contribution in [3.05, 3.63) is 12.7 Å². The second kappa shape index (κ2) is 6.19. The molecule has 1 aliphatic rings. The zero-order chi connectivity index (χ0) is 12.9. The lowest BCUT2D eigenvalue weighted by Gasteiger charge is -2.23. The van der Waals surface area contributed by atoms with Crippen LogP contribution in [0.15, 0.2) is 12.7 Å². The number of hydrogen-bond acceptors (Lipinski definition) is 3. The summed E-state index contributed by atoms with van der Waals surface area (Å²) in [6.45, 7) is 6.26. The van der Waals surface area contributed by atoms with Crippen molar-refractivity contribution >= 4 is 15.7 Å². The van der Waals surface area contributed by atoms with E-state index in [1.165, 1.54) is 13.0 Å². The van der Waals surface area contributed by atoms with Gasteiger partial charge in [-0.15, -0.1) is 6.58 Å². The molecule has 1 unspecified atom stereocenters. The van der Waals surface area contributed by atoms with E-state index in [1.807, 2.05) is 0 Å². The van der Waals surface area contributed by atoms with Crippen LogP contribution >= 0.6 is 0 Å². The molecule has 1 amide bonds. The maximum atomic E-state index is 12.1. The first kappa shape index (κ1) is 14.2. The Bertz CT molecular complexity index is 367. The highest BCUT2D eigenvalue weighted by Gasteiger charge is 2.30. The van der Waals surface area contributed by atoms with Crippen LogP contribution in [0, 0.1) is 0 Å². The van der Waals surface area contributed by atoms with Crippen LogP contribution < -0.4 is 0 Å². The van der Waals surface area contributed by atoms with Crippen LogP contribution in [-0.4, -0.2) is 43.3 Å². The first-order chi connectivity index (χ1) is 7.99. The minimum Gasteiger partial charge on any atom is -0.342 e. The van der Waals surface area contributed by atoms with E-state index in [0.717, 1.165) is 25.7 Å². The van der Waals surface area contributed by atoms with Crippen molar-refractivity contribution in [2.45, 2.75) is 37.9 Å². The number of rotatable bonds is 4. The maximum absolute atomic E-state index is 12.1. The number of likely N-dealkylation sites (tertiary alicyclic amines) is 1. The van der Waals surface area contributed by atoms with Gasteiger partial charge in [0.05, 0.1) is 5.75 Å². The third-order valence-corrected chi connectivity index (χ3v) is 5.13. The number of carbonyl (C=O) groups is 1. The summed E-state index contributed by atoms with van der Waals surface area (Å²) in [5, 5.41) is -0.946. The van der Waals surface area contributed by atoms with Crippen molar-refractivity contribution in [2.75, 3.05) is 18.8 Å². The smallest absolute Gasteiger partial charge is 0.240 e. The van der Waals surface area contributed by atoms with Crippen LogP contribution in [-0.2, 0) is 14.6 Å². The Morgan fingerprint density at radius 1 is 1.29 bits per heavy atom. The van der Waals surface area contributed by atoms with E-state index >= 15 is 0 Å². The summed E-state index contributed by atoms with van der Waals surface area (Å²) in [6.07, 6.45) is 5.52. The first-order valence-electron chi connectivity index (χ1n) is 6.10. The van der Waals surface area contributed by atoms with Gasteiger partial charge in [-0.05, 0) is 19.8 Å². The molecule has 5 heteroatoms. The van der Waals surface area contributed by atoms with Gasteiger partial charge < -0.3 is 4.90 Å². The van der Waals surface area contributed by atoms with E-state index in [0.29, 0.717) is 13.1 Å². The first-order valence-corrected chi connectivity index (χ1v) is 7.82. The highest BCUT2D eigenvalue weighted by Crippen LogP contribution is 2.13. The Morgan fingerprint density at radius 3 is 2.29 bits per heavy atom. The number of sulfone groups is 1. The molecule has 0 aromatic rings. The van der Waals surface area contributed by atoms with Gasteiger partial charge in [-0.25, -0.2) is 8.42 Å². The molecule has 0 saturated carbocycles. The molecule has 4 nitrogen and oxygen atoms in total. The van der Waals surface area contributed by atoms with Crippen LogP contribution in [0.3, 0.4) is 0 Å². The van der Waals surface area contributed by atoms with Crippen LogP contribution in [0.4, 0.5) is 0 Å². The molecule has 0 aromatic carbocycles. The Kier molecular flexibility index (Phi) is 5.18. The molecular formula is C12H21NO3S. The van der Waals surface area contributed by atoms with Gasteiger partial charge in [0, 0.05) is 13.1 Å². The fourth-order valence-corrected chi connectivity index (χ4v) is 3.08. The standard InChI is InChI=1S/C12H21NO3S/c1-3-10-17(15,16)11(2)12(14)13-8-6-4-5-7-9-13/h3,11H,1,4-10H2,2H3. The van der Waals surface area contributed by atoms with Crippen molar-refractivity contribution in [3.8, 4) is 0 Å². The zero-order valence-electron chi connectivity index (χ0n) is 10.4. The van der Waals surface area contributed by atoms with Gasteiger partial charge in [-0.1, -0.05) is 18.9 Å². The van der Waals surface area contributed by atoms with E-state index in [1.54, 1.807) is 4.90 Å². The monoisotopic (exact) mass is 259 g/mol. The van der Waals surface area contributed by atoms with Gasteiger partial charge in [-0.2, -0.15) is 0 Å². The van der Waals surface area contributed by atoms with Crippen LogP contribution in [0.1, 0.15) is 32.6 Å². The minimum absolute atomic E-state index is 0.131. The molecule has 1 heterocycles. The van der Waals surface area contributed by atoms with Crippen molar-refractivity contribution < 1.29 is 13.2 Å². The number of amides is 1. The molecule has 0 aromatic heterocycles. The lowest BCUT2D eigenvalue weighted by atomic mass is 10.2. The van der Waals surface area contributed by atoms with Crippen molar-refractivity contribution in [2.24, 2.45) is 0 Å². The molecule has 1 atom stereocenters. The summed E-state index contributed by atoms with van der Waals surface area (Å²) in [5.41, 5.74) is 0. The SMILES string of the molecule is C=CCS(=O)(=O)C(C)C(=O)N1CCCCCC1. The van der Waals surface area contributed by atoms with Crippen LogP contribution in [0.5, 0.6) is 0 Å². The Balaban J connectivity index is 2.71. The van der Waals surface area contributed by atoms with Crippen LogP contribution in [0.25, 0.3) is 0 Å².